The molecule has 90 valence electrons. The predicted octanol–water partition coefficient (Wildman–Crippen LogP) is 3.33. The third-order valence-electron chi connectivity index (χ3n) is 2.37. The van der Waals surface area contributed by atoms with Crippen LogP contribution in [-0.4, -0.2) is 18.3 Å². The minimum absolute atomic E-state index is 0.237. The molecule has 0 fully saturated rings. The molecule has 1 rings (SSSR count). The van der Waals surface area contributed by atoms with Crippen LogP contribution in [0.5, 0.6) is 0 Å². The molecule has 1 aromatic carbocycles. The lowest BCUT2D eigenvalue weighted by molar-refractivity contribution is 0.288. The number of nitrogens with zero attached hydrogens (tertiary/aromatic N) is 3. The van der Waals surface area contributed by atoms with Crippen LogP contribution in [0.3, 0.4) is 0 Å². The highest BCUT2D eigenvalue weighted by Gasteiger charge is 1.92. The van der Waals surface area contributed by atoms with Gasteiger partial charge in [0, 0.05) is 18.1 Å². The van der Waals surface area contributed by atoms with Gasteiger partial charge in [0.05, 0.1) is 0 Å². The van der Waals surface area contributed by atoms with Gasteiger partial charge in [-0.05, 0) is 35.9 Å². The van der Waals surface area contributed by atoms with E-state index in [4.69, 9.17) is 10.6 Å². The Bertz CT molecular complexity index is 392. The molecule has 0 radical (unpaired) electrons. The van der Waals surface area contributed by atoms with Crippen molar-refractivity contribution in [3.63, 3.8) is 0 Å². The van der Waals surface area contributed by atoms with Crippen molar-refractivity contribution in [2.24, 2.45) is 5.11 Å². The SMILES string of the molecule is [N-]=[N+]=NCCC=Cc1ccc(CCCO)cc1. The zero-order valence-corrected chi connectivity index (χ0v) is 9.79. The van der Waals surface area contributed by atoms with Gasteiger partial charge >= 0.3 is 0 Å². The first-order chi connectivity index (χ1) is 8.36. The number of aliphatic hydroxyl groups is 1. The molecular weight excluding hydrogens is 214 g/mol. The quantitative estimate of drug-likeness (QED) is 0.332. The number of rotatable bonds is 7. The number of hydrogen-bond donors (Lipinski definition) is 1. The molecule has 0 aliphatic rings. The fraction of sp³-hybridized carbons (Fsp3) is 0.385. The van der Waals surface area contributed by atoms with Gasteiger partial charge in [0.25, 0.3) is 0 Å². The molecule has 0 unspecified atom stereocenters. The van der Waals surface area contributed by atoms with Gasteiger partial charge in [-0.15, -0.1) is 0 Å². The van der Waals surface area contributed by atoms with Crippen LogP contribution >= 0.6 is 0 Å². The van der Waals surface area contributed by atoms with E-state index in [9.17, 15) is 0 Å². The van der Waals surface area contributed by atoms with Crippen molar-refractivity contribution >= 4 is 6.08 Å². The van der Waals surface area contributed by atoms with Crippen LogP contribution < -0.4 is 0 Å². The van der Waals surface area contributed by atoms with Gasteiger partial charge in [0.15, 0.2) is 0 Å². The van der Waals surface area contributed by atoms with Crippen LogP contribution in [0.1, 0.15) is 24.0 Å². The maximum absolute atomic E-state index is 8.72. The van der Waals surface area contributed by atoms with Crippen molar-refractivity contribution in [2.75, 3.05) is 13.2 Å². The van der Waals surface area contributed by atoms with Gasteiger partial charge in [-0.1, -0.05) is 41.5 Å². The van der Waals surface area contributed by atoms with E-state index in [1.54, 1.807) is 0 Å². The van der Waals surface area contributed by atoms with E-state index in [-0.39, 0.29) is 6.61 Å². The predicted molar refractivity (Wildman–Crippen MR) is 69.5 cm³/mol. The summed E-state index contributed by atoms with van der Waals surface area (Å²) >= 11 is 0. The highest BCUT2D eigenvalue weighted by molar-refractivity contribution is 5.49. The van der Waals surface area contributed by atoms with Gasteiger partial charge in [0.2, 0.25) is 0 Å². The number of aliphatic hydroxyl groups excluding tert-OH is 1. The normalized spacial score (nSPS) is 10.4. The Morgan fingerprint density at radius 2 is 2.06 bits per heavy atom. The molecule has 17 heavy (non-hydrogen) atoms. The van der Waals surface area contributed by atoms with Crippen LogP contribution in [0.15, 0.2) is 35.5 Å². The van der Waals surface area contributed by atoms with Crippen LogP contribution in [0, 0.1) is 0 Å². The molecule has 0 bridgehead atoms. The molecule has 0 amide bonds. The summed E-state index contributed by atoms with van der Waals surface area (Å²) in [5.74, 6) is 0. The van der Waals surface area contributed by atoms with Crippen molar-refractivity contribution in [2.45, 2.75) is 19.3 Å². The van der Waals surface area contributed by atoms with Crippen LogP contribution in [0.2, 0.25) is 0 Å². The molecule has 0 saturated carbocycles. The first-order valence-corrected chi connectivity index (χ1v) is 5.74. The van der Waals surface area contributed by atoms with E-state index in [1.165, 1.54) is 5.56 Å². The Kier molecular flexibility index (Phi) is 6.56. The van der Waals surface area contributed by atoms with Gasteiger partial charge in [-0.2, -0.15) is 0 Å². The summed E-state index contributed by atoms with van der Waals surface area (Å²) in [5, 5.41) is 12.2. The summed E-state index contributed by atoms with van der Waals surface area (Å²) < 4.78 is 0. The Balaban J connectivity index is 2.41. The highest BCUT2D eigenvalue weighted by Crippen LogP contribution is 2.08. The minimum Gasteiger partial charge on any atom is -0.396 e. The second-order valence-electron chi connectivity index (χ2n) is 3.71. The average molecular weight is 231 g/mol. The van der Waals surface area contributed by atoms with E-state index >= 15 is 0 Å². The molecule has 4 heteroatoms. The fourth-order valence-corrected chi connectivity index (χ4v) is 1.48. The van der Waals surface area contributed by atoms with Crippen molar-refractivity contribution in [1.82, 2.24) is 0 Å². The van der Waals surface area contributed by atoms with E-state index in [1.807, 2.05) is 12.2 Å². The molecule has 4 nitrogen and oxygen atoms in total. The second-order valence-corrected chi connectivity index (χ2v) is 3.71. The summed E-state index contributed by atoms with van der Waals surface area (Å²) in [6.45, 7) is 0.739. The van der Waals surface area contributed by atoms with Crippen molar-refractivity contribution in [1.29, 1.82) is 0 Å². The first kappa shape index (κ1) is 13.3. The first-order valence-electron chi connectivity index (χ1n) is 5.74. The van der Waals surface area contributed by atoms with E-state index in [2.05, 4.69) is 34.3 Å². The molecular formula is C13H17N3O. The summed E-state index contributed by atoms with van der Waals surface area (Å²) in [4.78, 5) is 2.69. The highest BCUT2D eigenvalue weighted by atomic mass is 16.2. The molecule has 0 aromatic heterocycles. The molecule has 0 saturated heterocycles. The molecule has 0 atom stereocenters. The number of hydrogen-bond acceptors (Lipinski definition) is 2. The third-order valence-corrected chi connectivity index (χ3v) is 2.37. The zero-order valence-electron chi connectivity index (χ0n) is 9.79. The molecule has 0 aliphatic heterocycles. The molecule has 0 spiro atoms. The zero-order chi connectivity index (χ0) is 12.3. The molecule has 1 N–H and O–H groups in total. The van der Waals surface area contributed by atoms with E-state index in [0.29, 0.717) is 6.54 Å². The lowest BCUT2D eigenvalue weighted by Gasteiger charge is -2.00. The third kappa shape index (κ3) is 5.76. The Labute approximate surface area is 101 Å². The molecule has 1 aromatic rings. The van der Waals surface area contributed by atoms with Crippen LogP contribution in [0.25, 0.3) is 16.5 Å². The number of benzene rings is 1. The second kappa shape index (κ2) is 8.39. The Morgan fingerprint density at radius 3 is 2.71 bits per heavy atom. The maximum Gasteiger partial charge on any atom is 0.0434 e. The summed E-state index contributed by atoms with van der Waals surface area (Å²) in [5.41, 5.74) is 10.5. The number of aryl methyl sites for hydroxylation is 1. The monoisotopic (exact) mass is 231 g/mol. The molecule has 0 aliphatic carbocycles. The fourth-order valence-electron chi connectivity index (χ4n) is 1.48. The van der Waals surface area contributed by atoms with Crippen molar-refractivity contribution < 1.29 is 5.11 Å². The summed E-state index contributed by atoms with van der Waals surface area (Å²) in [7, 11) is 0. The van der Waals surface area contributed by atoms with Crippen LogP contribution in [-0.2, 0) is 6.42 Å². The Morgan fingerprint density at radius 1 is 1.29 bits per heavy atom. The summed E-state index contributed by atoms with van der Waals surface area (Å²) in [6.07, 6.45) is 6.50. The average Bonchev–Trinajstić information content (AvgIpc) is 2.37. The summed E-state index contributed by atoms with van der Waals surface area (Å²) in [6, 6.07) is 8.25. The van der Waals surface area contributed by atoms with E-state index < -0.39 is 0 Å². The number of azide groups is 1. The molecule has 0 heterocycles. The van der Waals surface area contributed by atoms with E-state index in [0.717, 1.165) is 24.8 Å². The van der Waals surface area contributed by atoms with Crippen LogP contribution in [0.4, 0.5) is 0 Å². The van der Waals surface area contributed by atoms with Gasteiger partial charge < -0.3 is 5.11 Å². The lowest BCUT2D eigenvalue weighted by Crippen LogP contribution is -1.88. The Hall–Kier alpha value is -1.77. The topological polar surface area (TPSA) is 69.0 Å². The van der Waals surface area contributed by atoms with Gasteiger partial charge in [-0.25, -0.2) is 0 Å². The minimum atomic E-state index is 0.237. The van der Waals surface area contributed by atoms with Gasteiger partial charge in [0.1, 0.15) is 0 Å². The smallest absolute Gasteiger partial charge is 0.0434 e. The van der Waals surface area contributed by atoms with Crippen molar-refractivity contribution in [3.8, 4) is 0 Å². The van der Waals surface area contributed by atoms with Crippen molar-refractivity contribution in [3.05, 3.63) is 51.9 Å². The maximum atomic E-state index is 8.72. The standard InChI is InChI=1S/C13H17N3O/c14-16-15-10-2-1-4-12-6-8-13(9-7-12)5-3-11-17/h1,4,6-9,17H,2-3,5,10-11H2. The lowest BCUT2D eigenvalue weighted by atomic mass is 10.1. The largest absolute Gasteiger partial charge is 0.396 e. The van der Waals surface area contributed by atoms with Gasteiger partial charge in [-0.3, -0.25) is 0 Å².